The Hall–Kier alpha value is -1.87. The van der Waals surface area contributed by atoms with E-state index in [1.54, 1.807) is 0 Å². The number of nitrogens with one attached hydrogen (secondary N) is 1. The predicted molar refractivity (Wildman–Crippen MR) is 64.3 cm³/mol. The molecule has 0 atom stereocenters. The van der Waals surface area contributed by atoms with Gasteiger partial charge in [-0.2, -0.15) is 0 Å². The highest BCUT2D eigenvalue weighted by atomic mass is 35.5. The molecule has 0 saturated heterocycles. The van der Waals surface area contributed by atoms with Crippen LogP contribution in [-0.4, -0.2) is 15.0 Å². The maximum atomic E-state index is 5.79. The van der Waals surface area contributed by atoms with Crippen LogP contribution in [0, 0.1) is 0 Å². The molecule has 3 nitrogen and oxygen atoms in total. The average molecular weight is 230 g/mol. The lowest BCUT2D eigenvalue weighted by Crippen LogP contribution is -1.80. The van der Waals surface area contributed by atoms with Crippen molar-refractivity contribution in [1.29, 1.82) is 0 Å². The van der Waals surface area contributed by atoms with Crippen molar-refractivity contribution in [2.75, 3.05) is 0 Å². The minimum atomic E-state index is 0.408. The molecule has 78 valence electrons. The molecule has 0 aliphatic heterocycles. The Morgan fingerprint density at radius 2 is 1.94 bits per heavy atom. The van der Waals surface area contributed by atoms with E-state index in [-0.39, 0.29) is 0 Å². The Bertz CT molecular complexity index is 631. The Morgan fingerprint density at radius 1 is 1.12 bits per heavy atom. The van der Waals surface area contributed by atoms with Crippen molar-refractivity contribution < 1.29 is 0 Å². The van der Waals surface area contributed by atoms with Gasteiger partial charge in [0.25, 0.3) is 0 Å². The van der Waals surface area contributed by atoms with E-state index in [0.29, 0.717) is 5.15 Å². The highest BCUT2D eigenvalue weighted by molar-refractivity contribution is 6.29. The number of hydrogen-bond acceptors (Lipinski definition) is 2. The molecule has 2 aromatic heterocycles. The molecule has 0 saturated carbocycles. The molecule has 0 aliphatic carbocycles. The summed E-state index contributed by atoms with van der Waals surface area (Å²) in [5.41, 5.74) is 3.64. The molecular formula is C12H8ClN3. The minimum Gasteiger partial charge on any atom is -0.338 e. The van der Waals surface area contributed by atoms with E-state index in [9.17, 15) is 0 Å². The van der Waals surface area contributed by atoms with E-state index in [4.69, 9.17) is 11.6 Å². The van der Waals surface area contributed by atoms with Crippen molar-refractivity contribution in [2.24, 2.45) is 0 Å². The Morgan fingerprint density at radius 3 is 2.75 bits per heavy atom. The summed E-state index contributed by atoms with van der Waals surface area (Å²) < 4.78 is 0. The number of aromatic nitrogens is 3. The van der Waals surface area contributed by atoms with E-state index in [2.05, 4.69) is 15.0 Å². The third kappa shape index (κ3) is 1.55. The first-order valence-electron chi connectivity index (χ1n) is 4.89. The third-order valence-electron chi connectivity index (χ3n) is 2.39. The van der Waals surface area contributed by atoms with Crippen molar-refractivity contribution in [3.05, 3.63) is 47.7 Å². The summed E-state index contributed by atoms with van der Waals surface area (Å²) in [6.07, 6.45) is 1.54. The number of rotatable bonds is 1. The molecule has 0 aliphatic rings. The highest BCUT2D eigenvalue weighted by Crippen LogP contribution is 2.22. The van der Waals surface area contributed by atoms with Crippen LogP contribution < -0.4 is 0 Å². The monoisotopic (exact) mass is 229 g/mol. The normalized spacial score (nSPS) is 10.8. The van der Waals surface area contributed by atoms with Crippen LogP contribution >= 0.6 is 11.6 Å². The molecule has 0 fully saturated rings. The van der Waals surface area contributed by atoms with Crippen LogP contribution in [0.2, 0.25) is 5.15 Å². The summed E-state index contributed by atoms with van der Waals surface area (Å²) in [6.45, 7) is 0. The van der Waals surface area contributed by atoms with Crippen LogP contribution in [0.4, 0.5) is 0 Å². The lowest BCUT2D eigenvalue weighted by atomic mass is 10.2. The molecular weight excluding hydrogens is 222 g/mol. The molecule has 3 rings (SSSR count). The van der Waals surface area contributed by atoms with Crippen molar-refractivity contribution >= 4 is 22.8 Å². The van der Waals surface area contributed by atoms with Gasteiger partial charge in [-0.1, -0.05) is 41.9 Å². The van der Waals surface area contributed by atoms with Gasteiger partial charge in [-0.3, -0.25) is 0 Å². The van der Waals surface area contributed by atoms with E-state index < -0.39 is 0 Å². The quantitative estimate of drug-likeness (QED) is 0.696. The van der Waals surface area contributed by atoms with Gasteiger partial charge in [0.2, 0.25) is 0 Å². The predicted octanol–water partition coefficient (Wildman–Crippen LogP) is 3.28. The fraction of sp³-hybridized carbons (Fsp3) is 0. The van der Waals surface area contributed by atoms with Crippen LogP contribution in [0.3, 0.4) is 0 Å². The summed E-state index contributed by atoms with van der Waals surface area (Å²) >= 11 is 5.79. The summed E-state index contributed by atoms with van der Waals surface area (Å²) in [5.74, 6) is 0. The Kier molecular flexibility index (Phi) is 2.11. The zero-order valence-electron chi connectivity index (χ0n) is 8.31. The van der Waals surface area contributed by atoms with Gasteiger partial charge < -0.3 is 4.98 Å². The molecule has 0 amide bonds. The molecule has 3 aromatic rings. The van der Waals surface area contributed by atoms with Crippen molar-refractivity contribution in [1.82, 2.24) is 15.0 Å². The first kappa shape index (κ1) is 9.36. The molecule has 0 unspecified atom stereocenters. The van der Waals surface area contributed by atoms with Crippen LogP contribution in [-0.2, 0) is 0 Å². The van der Waals surface area contributed by atoms with Crippen LogP contribution in [0.5, 0.6) is 0 Å². The van der Waals surface area contributed by atoms with Crippen molar-refractivity contribution in [3.8, 4) is 11.3 Å². The summed E-state index contributed by atoms with van der Waals surface area (Å²) in [7, 11) is 0. The topological polar surface area (TPSA) is 41.6 Å². The Balaban J connectivity index is 2.19. The van der Waals surface area contributed by atoms with Gasteiger partial charge in [-0.05, 0) is 11.6 Å². The molecule has 2 heterocycles. The summed E-state index contributed by atoms with van der Waals surface area (Å²) in [5, 5.41) is 0.408. The number of halogens is 1. The lowest BCUT2D eigenvalue weighted by Gasteiger charge is -1.94. The minimum absolute atomic E-state index is 0.408. The smallest absolute Gasteiger partial charge is 0.156 e. The summed E-state index contributed by atoms with van der Waals surface area (Å²) in [4.78, 5) is 11.6. The highest BCUT2D eigenvalue weighted by Gasteiger charge is 2.05. The fourth-order valence-electron chi connectivity index (χ4n) is 1.65. The first-order chi connectivity index (χ1) is 7.83. The molecule has 1 aromatic carbocycles. The van der Waals surface area contributed by atoms with E-state index in [1.807, 2.05) is 36.4 Å². The third-order valence-corrected chi connectivity index (χ3v) is 2.57. The second-order valence-corrected chi connectivity index (χ2v) is 3.86. The molecule has 4 heteroatoms. The number of hydrogen-bond donors (Lipinski definition) is 1. The standard InChI is InChI=1S/C12H8ClN3/c13-11-7-14-12-10(15-11)6-9(16-12)8-4-2-1-3-5-8/h1-7H,(H,14,16). The summed E-state index contributed by atoms with van der Waals surface area (Å²) in [6, 6.07) is 12.0. The van der Waals surface area contributed by atoms with Gasteiger partial charge in [0.15, 0.2) is 5.65 Å². The van der Waals surface area contributed by atoms with Crippen LogP contribution in [0.15, 0.2) is 42.6 Å². The fourth-order valence-corrected chi connectivity index (χ4v) is 1.79. The number of nitrogens with zero attached hydrogens (tertiary/aromatic N) is 2. The number of fused-ring (bicyclic) bond motifs is 1. The molecule has 0 radical (unpaired) electrons. The number of H-pyrrole nitrogens is 1. The van der Waals surface area contributed by atoms with Crippen molar-refractivity contribution in [2.45, 2.75) is 0 Å². The first-order valence-corrected chi connectivity index (χ1v) is 5.27. The maximum absolute atomic E-state index is 5.79. The SMILES string of the molecule is Clc1cnc2[nH]c(-c3ccccc3)cc2n1. The zero-order valence-corrected chi connectivity index (χ0v) is 9.07. The van der Waals surface area contributed by atoms with E-state index >= 15 is 0 Å². The van der Waals surface area contributed by atoms with Crippen LogP contribution in [0.25, 0.3) is 22.4 Å². The van der Waals surface area contributed by atoms with Gasteiger partial charge >= 0.3 is 0 Å². The van der Waals surface area contributed by atoms with Crippen LogP contribution in [0.1, 0.15) is 0 Å². The zero-order chi connectivity index (χ0) is 11.0. The number of aromatic amines is 1. The van der Waals surface area contributed by atoms with E-state index in [0.717, 1.165) is 22.4 Å². The number of benzene rings is 1. The second kappa shape index (κ2) is 3.61. The average Bonchev–Trinajstić information content (AvgIpc) is 2.73. The van der Waals surface area contributed by atoms with Crippen molar-refractivity contribution in [3.63, 3.8) is 0 Å². The largest absolute Gasteiger partial charge is 0.338 e. The molecule has 16 heavy (non-hydrogen) atoms. The maximum Gasteiger partial charge on any atom is 0.156 e. The van der Waals surface area contributed by atoms with Gasteiger partial charge in [0, 0.05) is 5.69 Å². The van der Waals surface area contributed by atoms with E-state index in [1.165, 1.54) is 6.20 Å². The molecule has 0 bridgehead atoms. The molecule has 1 N–H and O–H groups in total. The lowest BCUT2D eigenvalue weighted by molar-refractivity contribution is 1.26. The van der Waals surface area contributed by atoms with Gasteiger partial charge in [0.1, 0.15) is 10.7 Å². The van der Waals surface area contributed by atoms with Gasteiger partial charge in [-0.25, -0.2) is 9.97 Å². The second-order valence-electron chi connectivity index (χ2n) is 3.48. The van der Waals surface area contributed by atoms with Gasteiger partial charge in [0.05, 0.1) is 6.20 Å². The Labute approximate surface area is 97.1 Å². The molecule has 0 spiro atoms. The van der Waals surface area contributed by atoms with Gasteiger partial charge in [-0.15, -0.1) is 0 Å².